The number of amides is 1. The quantitative estimate of drug-likeness (QED) is 0.744. The zero-order chi connectivity index (χ0) is 23.5. The van der Waals surface area contributed by atoms with Crippen molar-refractivity contribution in [3.8, 4) is 0 Å². The molecule has 7 heteroatoms. The van der Waals surface area contributed by atoms with E-state index in [0.29, 0.717) is 43.6 Å². The number of carbonyl (C=O) groups excluding carboxylic acids is 1. The second-order valence-corrected chi connectivity index (χ2v) is 11.1. The molecule has 1 aliphatic carbocycles. The topological polar surface area (TPSA) is 82.1 Å². The van der Waals surface area contributed by atoms with E-state index in [1.807, 2.05) is 4.90 Å². The molecule has 0 bridgehead atoms. The van der Waals surface area contributed by atoms with Gasteiger partial charge >= 0.3 is 0 Å². The van der Waals surface area contributed by atoms with Crippen LogP contribution < -0.4 is 0 Å². The summed E-state index contributed by atoms with van der Waals surface area (Å²) in [7, 11) is 0. The van der Waals surface area contributed by atoms with Crippen molar-refractivity contribution in [1.29, 1.82) is 5.41 Å². The Labute approximate surface area is 196 Å². The summed E-state index contributed by atoms with van der Waals surface area (Å²) in [5.41, 5.74) is 3.07. The summed E-state index contributed by atoms with van der Waals surface area (Å²) in [6.07, 6.45) is 4.63. The van der Waals surface area contributed by atoms with Gasteiger partial charge in [0.05, 0.1) is 24.2 Å². The van der Waals surface area contributed by atoms with Crippen LogP contribution in [-0.2, 0) is 4.74 Å². The van der Waals surface area contributed by atoms with Crippen molar-refractivity contribution < 1.29 is 13.9 Å². The number of carbonyl (C=O) groups is 1. The van der Waals surface area contributed by atoms with Gasteiger partial charge in [0.1, 0.15) is 0 Å². The average molecular weight is 453 g/mol. The lowest BCUT2D eigenvalue weighted by atomic mass is 9.79. The van der Waals surface area contributed by atoms with E-state index in [2.05, 4.69) is 39.5 Å². The fourth-order valence-corrected chi connectivity index (χ4v) is 5.54. The molecule has 1 aromatic heterocycles. The largest absolute Gasteiger partial charge is 0.459 e. The van der Waals surface area contributed by atoms with Gasteiger partial charge in [0.2, 0.25) is 0 Å². The van der Waals surface area contributed by atoms with Gasteiger partial charge in [-0.1, -0.05) is 13.8 Å². The number of nitrogens with one attached hydrogen (secondary N) is 1. The fourth-order valence-electron chi connectivity index (χ4n) is 5.54. The van der Waals surface area contributed by atoms with Crippen molar-refractivity contribution >= 4 is 17.3 Å². The summed E-state index contributed by atoms with van der Waals surface area (Å²) in [5, 5.41) is 9.30. The molecule has 0 radical (unpaired) electrons. The molecule has 5 rings (SSSR count). The predicted octanol–water partition coefficient (Wildman–Crippen LogP) is 4.16. The number of nitrogens with zero attached hydrogens (tertiary/aromatic N) is 3. The Morgan fingerprint density at radius 3 is 2.61 bits per heavy atom. The van der Waals surface area contributed by atoms with Gasteiger partial charge in [-0.05, 0) is 57.2 Å². The van der Waals surface area contributed by atoms with E-state index < -0.39 is 5.66 Å². The van der Waals surface area contributed by atoms with E-state index in [1.165, 1.54) is 12.8 Å². The number of ether oxygens (including phenoxy) is 1. The molecule has 1 N–H and O–H groups in total. The van der Waals surface area contributed by atoms with Crippen molar-refractivity contribution in [1.82, 2.24) is 9.80 Å². The normalized spacial score (nSPS) is 30.5. The number of piperazine rings is 1. The molecule has 2 fully saturated rings. The summed E-state index contributed by atoms with van der Waals surface area (Å²) >= 11 is 0. The van der Waals surface area contributed by atoms with E-state index >= 15 is 0 Å². The SMILES string of the molecule is CC(C)C1CN(C2(C)N=C(C3CC3)C3=C(CC(C)(C)OC3)C2=N)CCN1C(=O)c1ccco1. The van der Waals surface area contributed by atoms with Gasteiger partial charge in [0.25, 0.3) is 5.91 Å². The molecule has 4 heterocycles. The maximum atomic E-state index is 13.1. The maximum absolute atomic E-state index is 13.1. The molecule has 0 aromatic carbocycles. The predicted molar refractivity (Wildman–Crippen MR) is 128 cm³/mol. The summed E-state index contributed by atoms with van der Waals surface area (Å²) in [6.45, 7) is 13.2. The number of aliphatic imine (C=N–C) groups is 1. The fraction of sp³-hybridized carbons (Fsp3) is 0.654. The minimum Gasteiger partial charge on any atom is -0.459 e. The third-order valence-corrected chi connectivity index (χ3v) is 7.76. The first-order chi connectivity index (χ1) is 15.6. The highest BCUT2D eigenvalue weighted by Crippen LogP contribution is 2.44. The Hall–Kier alpha value is -2.25. The Morgan fingerprint density at radius 2 is 1.97 bits per heavy atom. The first kappa shape index (κ1) is 22.5. The molecule has 0 spiro atoms. The van der Waals surface area contributed by atoms with Crippen LogP contribution in [-0.4, -0.2) is 70.7 Å². The number of furan rings is 1. The van der Waals surface area contributed by atoms with Gasteiger partial charge in [-0.2, -0.15) is 0 Å². The molecule has 178 valence electrons. The Kier molecular flexibility index (Phi) is 5.40. The van der Waals surface area contributed by atoms with Crippen molar-refractivity contribution in [3.63, 3.8) is 0 Å². The van der Waals surface area contributed by atoms with Gasteiger partial charge in [0.15, 0.2) is 11.4 Å². The molecule has 7 nitrogen and oxygen atoms in total. The third kappa shape index (κ3) is 3.89. The lowest BCUT2D eigenvalue weighted by Crippen LogP contribution is -2.65. The molecule has 1 amide bonds. The van der Waals surface area contributed by atoms with Crippen LogP contribution in [0.4, 0.5) is 0 Å². The molecule has 2 atom stereocenters. The van der Waals surface area contributed by atoms with Crippen LogP contribution in [0.5, 0.6) is 0 Å². The second-order valence-electron chi connectivity index (χ2n) is 11.1. The van der Waals surface area contributed by atoms with Crippen LogP contribution in [0.25, 0.3) is 0 Å². The van der Waals surface area contributed by atoms with Crippen LogP contribution in [0.2, 0.25) is 0 Å². The number of rotatable bonds is 4. The standard InChI is InChI=1S/C26H36N4O3/c1-16(2)20-14-29(10-11-30(20)24(31)21-7-6-12-32-21)26(5)23(27)18-13-25(3,4)33-15-19(18)22(28-26)17-8-9-17/h6-7,12,16-17,20,27H,8-11,13-15H2,1-5H3. The van der Waals surface area contributed by atoms with Crippen molar-refractivity contribution in [2.24, 2.45) is 16.8 Å². The smallest absolute Gasteiger partial charge is 0.289 e. The van der Waals surface area contributed by atoms with Crippen LogP contribution in [0.15, 0.2) is 39.0 Å². The van der Waals surface area contributed by atoms with E-state index in [-0.39, 0.29) is 23.5 Å². The summed E-state index contributed by atoms with van der Waals surface area (Å²) in [6, 6.07) is 3.52. The Balaban J connectivity index is 1.45. The maximum Gasteiger partial charge on any atom is 0.289 e. The van der Waals surface area contributed by atoms with Crippen molar-refractivity contribution in [2.75, 3.05) is 26.2 Å². The minimum atomic E-state index is -0.711. The average Bonchev–Trinajstić information content (AvgIpc) is 3.48. The highest BCUT2D eigenvalue weighted by molar-refractivity contribution is 6.18. The van der Waals surface area contributed by atoms with E-state index in [4.69, 9.17) is 14.1 Å². The van der Waals surface area contributed by atoms with Gasteiger partial charge in [-0.15, -0.1) is 0 Å². The van der Waals surface area contributed by atoms with Crippen molar-refractivity contribution in [2.45, 2.75) is 71.2 Å². The molecule has 4 aliphatic rings. The summed E-state index contributed by atoms with van der Waals surface area (Å²) in [4.78, 5) is 22.7. The van der Waals surface area contributed by atoms with E-state index in [0.717, 1.165) is 23.3 Å². The highest BCUT2D eigenvalue weighted by Gasteiger charge is 2.50. The van der Waals surface area contributed by atoms with E-state index in [9.17, 15) is 10.2 Å². The minimum absolute atomic E-state index is 0.0297. The number of hydrogen-bond donors (Lipinski definition) is 1. The number of hydrogen-bond acceptors (Lipinski definition) is 6. The third-order valence-electron chi connectivity index (χ3n) is 7.76. The number of dihydropyridines is 1. The Morgan fingerprint density at radius 1 is 1.21 bits per heavy atom. The first-order valence-electron chi connectivity index (χ1n) is 12.3. The lowest BCUT2D eigenvalue weighted by molar-refractivity contribution is -0.0126. The molecule has 33 heavy (non-hydrogen) atoms. The molecular formula is C26H36N4O3. The zero-order valence-corrected chi connectivity index (χ0v) is 20.5. The molecule has 2 unspecified atom stereocenters. The zero-order valence-electron chi connectivity index (χ0n) is 20.5. The highest BCUT2D eigenvalue weighted by atomic mass is 16.5. The van der Waals surface area contributed by atoms with Crippen LogP contribution in [0.3, 0.4) is 0 Å². The lowest BCUT2D eigenvalue weighted by Gasteiger charge is -2.51. The summed E-state index contributed by atoms with van der Waals surface area (Å²) in [5.74, 6) is 1.10. The first-order valence-corrected chi connectivity index (χ1v) is 12.3. The molecule has 1 aromatic rings. The van der Waals surface area contributed by atoms with Gasteiger partial charge in [0, 0.05) is 49.3 Å². The van der Waals surface area contributed by atoms with Gasteiger partial charge in [-0.3, -0.25) is 14.7 Å². The Bertz CT molecular complexity index is 1020. The molecule has 1 saturated carbocycles. The van der Waals surface area contributed by atoms with Crippen molar-refractivity contribution in [3.05, 3.63) is 35.3 Å². The van der Waals surface area contributed by atoms with Gasteiger partial charge in [-0.25, -0.2) is 0 Å². The van der Waals surface area contributed by atoms with Crippen LogP contribution >= 0.6 is 0 Å². The molecule has 3 aliphatic heterocycles. The molecule has 1 saturated heterocycles. The van der Waals surface area contributed by atoms with Crippen LogP contribution in [0.1, 0.15) is 64.4 Å². The van der Waals surface area contributed by atoms with E-state index in [1.54, 1.807) is 18.4 Å². The van der Waals surface area contributed by atoms with Crippen LogP contribution in [0, 0.1) is 17.2 Å². The van der Waals surface area contributed by atoms with Gasteiger partial charge < -0.3 is 19.5 Å². The second kappa shape index (κ2) is 7.91. The summed E-state index contributed by atoms with van der Waals surface area (Å²) < 4.78 is 11.5. The molecular weight excluding hydrogens is 416 g/mol. The monoisotopic (exact) mass is 452 g/mol.